The van der Waals surface area contributed by atoms with Crippen molar-refractivity contribution in [1.82, 2.24) is 9.78 Å². The van der Waals surface area contributed by atoms with Gasteiger partial charge in [0.15, 0.2) is 5.75 Å². The molecule has 0 saturated heterocycles. The number of rotatable bonds is 5. The standard InChI is InChI=1S/C15H20BrN3O/c1-4-5-19-15(13(20-3)9-18-19)14(17)11-6-10(2)7-12(16)8-11/h6-9,14H,4-5,17H2,1-3H3. The Labute approximate surface area is 128 Å². The van der Waals surface area contributed by atoms with E-state index in [1.165, 1.54) is 5.56 Å². The maximum atomic E-state index is 6.44. The van der Waals surface area contributed by atoms with Crippen LogP contribution >= 0.6 is 15.9 Å². The van der Waals surface area contributed by atoms with Crippen LogP contribution in [-0.2, 0) is 6.54 Å². The highest BCUT2D eigenvalue weighted by Gasteiger charge is 2.20. The lowest BCUT2D eigenvalue weighted by molar-refractivity contribution is 0.404. The van der Waals surface area contributed by atoms with Crippen LogP contribution in [0.4, 0.5) is 0 Å². The summed E-state index contributed by atoms with van der Waals surface area (Å²) >= 11 is 3.52. The fourth-order valence-corrected chi connectivity index (χ4v) is 2.97. The van der Waals surface area contributed by atoms with E-state index in [1.807, 2.05) is 10.7 Å². The van der Waals surface area contributed by atoms with Gasteiger partial charge in [-0.1, -0.05) is 28.9 Å². The number of nitrogens with zero attached hydrogens (tertiary/aromatic N) is 2. The van der Waals surface area contributed by atoms with E-state index in [2.05, 4.69) is 47.0 Å². The van der Waals surface area contributed by atoms with E-state index in [-0.39, 0.29) is 6.04 Å². The average Bonchev–Trinajstić information content (AvgIpc) is 2.80. The first kappa shape index (κ1) is 15.1. The van der Waals surface area contributed by atoms with Gasteiger partial charge in [-0.05, 0) is 36.6 Å². The number of methoxy groups -OCH3 is 1. The maximum Gasteiger partial charge on any atom is 0.161 e. The van der Waals surface area contributed by atoms with Crippen molar-refractivity contribution in [2.75, 3.05) is 7.11 Å². The van der Waals surface area contributed by atoms with Crippen molar-refractivity contribution in [2.24, 2.45) is 5.73 Å². The minimum atomic E-state index is -0.254. The quantitative estimate of drug-likeness (QED) is 0.909. The Morgan fingerprint density at radius 1 is 1.40 bits per heavy atom. The zero-order chi connectivity index (χ0) is 14.7. The lowest BCUT2D eigenvalue weighted by atomic mass is 10.0. The van der Waals surface area contributed by atoms with Gasteiger partial charge in [-0.25, -0.2) is 0 Å². The summed E-state index contributed by atoms with van der Waals surface area (Å²) in [4.78, 5) is 0. The zero-order valence-electron chi connectivity index (χ0n) is 12.1. The van der Waals surface area contributed by atoms with Gasteiger partial charge in [0.1, 0.15) is 5.69 Å². The molecule has 2 rings (SSSR count). The molecule has 0 amide bonds. The Morgan fingerprint density at radius 3 is 2.75 bits per heavy atom. The minimum absolute atomic E-state index is 0.254. The van der Waals surface area contributed by atoms with Gasteiger partial charge in [0.2, 0.25) is 0 Å². The van der Waals surface area contributed by atoms with Crippen LogP contribution < -0.4 is 10.5 Å². The number of halogens is 1. The molecule has 5 heteroatoms. The summed E-state index contributed by atoms with van der Waals surface area (Å²) in [6.45, 7) is 5.01. The molecule has 0 aliphatic rings. The first-order valence-electron chi connectivity index (χ1n) is 6.69. The highest BCUT2D eigenvalue weighted by molar-refractivity contribution is 9.10. The normalized spacial score (nSPS) is 12.4. The van der Waals surface area contributed by atoms with Crippen LogP contribution in [0.5, 0.6) is 5.75 Å². The van der Waals surface area contributed by atoms with Gasteiger partial charge in [0.25, 0.3) is 0 Å². The molecule has 0 fully saturated rings. The van der Waals surface area contributed by atoms with Crippen molar-refractivity contribution in [3.63, 3.8) is 0 Å². The van der Waals surface area contributed by atoms with Crippen molar-refractivity contribution >= 4 is 15.9 Å². The van der Waals surface area contributed by atoms with Crippen LogP contribution in [0.1, 0.15) is 36.2 Å². The van der Waals surface area contributed by atoms with Crippen LogP contribution in [0.25, 0.3) is 0 Å². The molecule has 2 aromatic rings. The second-order valence-electron chi connectivity index (χ2n) is 4.86. The average molecular weight is 338 g/mol. The molecule has 0 aliphatic carbocycles. The second kappa shape index (κ2) is 6.41. The molecule has 1 aromatic heterocycles. The fraction of sp³-hybridized carbons (Fsp3) is 0.400. The number of nitrogens with two attached hydrogens (primary N) is 1. The van der Waals surface area contributed by atoms with Crippen LogP contribution in [0.15, 0.2) is 28.9 Å². The molecule has 0 bridgehead atoms. The monoisotopic (exact) mass is 337 g/mol. The van der Waals surface area contributed by atoms with Gasteiger partial charge in [-0.15, -0.1) is 0 Å². The highest BCUT2D eigenvalue weighted by Crippen LogP contribution is 2.30. The van der Waals surface area contributed by atoms with Gasteiger partial charge in [0, 0.05) is 11.0 Å². The molecular weight excluding hydrogens is 318 g/mol. The van der Waals surface area contributed by atoms with Crippen molar-refractivity contribution < 1.29 is 4.74 Å². The topological polar surface area (TPSA) is 53.1 Å². The van der Waals surface area contributed by atoms with Crippen molar-refractivity contribution in [2.45, 2.75) is 32.9 Å². The molecule has 20 heavy (non-hydrogen) atoms. The second-order valence-corrected chi connectivity index (χ2v) is 5.78. The summed E-state index contributed by atoms with van der Waals surface area (Å²) in [6, 6.07) is 5.95. The third kappa shape index (κ3) is 3.04. The number of benzene rings is 1. The SMILES string of the molecule is CCCn1ncc(OC)c1C(N)c1cc(C)cc(Br)c1. The molecule has 0 saturated carbocycles. The lowest BCUT2D eigenvalue weighted by Crippen LogP contribution is -2.18. The van der Waals surface area contributed by atoms with E-state index in [4.69, 9.17) is 10.5 Å². The summed E-state index contributed by atoms with van der Waals surface area (Å²) in [5.41, 5.74) is 9.59. The summed E-state index contributed by atoms with van der Waals surface area (Å²) in [7, 11) is 1.65. The van der Waals surface area contributed by atoms with Crippen molar-refractivity contribution in [1.29, 1.82) is 0 Å². The van der Waals surface area contributed by atoms with E-state index in [0.29, 0.717) is 0 Å². The van der Waals surface area contributed by atoms with Gasteiger partial charge in [0.05, 0.1) is 19.3 Å². The molecule has 4 nitrogen and oxygen atoms in total. The van der Waals surface area contributed by atoms with E-state index < -0.39 is 0 Å². The maximum absolute atomic E-state index is 6.44. The molecule has 1 heterocycles. The van der Waals surface area contributed by atoms with E-state index in [1.54, 1.807) is 13.3 Å². The molecule has 1 unspecified atom stereocenters. The van der Waals surface area contributed by atoms with Gasteiger partial charge in [-0.2, -0.15) is 5.10 Å². The fourth-order valence-electron chi connectivity index (χ4n) is 2.34. The third-order valence-corrected chi connectivity index (χ3v) is 3.68. The van der Waals surface area contributed by atoms with Gasteiger partial charge >= 0.3 is 0 Å². The first-order chi connectivity index (χ1) is 9.56. The first-order valence-corrected chi connectivity index (χ1v) is 7.48. The van der Waals surface area contributed by atoms with E-state index in [9.17, 15) is 0 Å². The summed E-state index contributed by atoms with van der Waals surface area (Å²) in [5, 5.41) is 4.37. The molecule has 1 aromatic carbocycles. The van der Waals surface area contributed by atoms with Crippen molar-refractivity contribution in [3.05, 3.63) is 45.7 Å². The number of aryl methyl sites for hydroxylation is 2. The minimum Gasteiger partial charge on any atom is -0.493 e. The Hall–Kier alpha value is -1.33. The Morgan fingerprint density at radius 2 is 2.15 bits per heavy atom. The molecule has 0 aliphatic heterocycles. The summed E-state index contributed by atoms with van der Waals surface area (Å²) in [6.07, 6.45) is 2.73. The van der Waals surface area contributed by atoms with Gasteiger partial charge in [-0.3, -0.25) is 4.68 Å². The predicted octanol–water partition coefficient (Wildman–Crippen LogP) is 3.42. The van der Waals surface area contributed by atoms with E-state index in [0.717, 1.165) is 34.4 Å². The Bertz CT molecular complexity index is 575. The van der Waals surface area contributed by atoms with Crippen LogP contribution in [0.2, 0.25) is 0 Å². The number of ether oxygens (including phenoxy) is 1. The number of hydrogen-bond acceptors (Lipinski definition) is 3. The molecule has 108 valence electrons. The number of aromatic nitrogens is 2. The van der Waals surface area contributed by atoms with Crippen LogP contribution in [0, 0.1) is 6.92 Å². The summed E-state index contributed by atoms with van der Waals surface area (Å²) < 4.78 is 8.36. The Kier molecular flexibility index (Phi) is 4.83. The molecular formula is C15H20BrN3O. The van der Waals surface area contributed by atoms with Gasteiger partial charge < -0.3 is 10.5 Å². The number of hydrogen-bond donors (Lipinski definition) is 1. The smallest absolute Gasteiger partial charge is 0.161 e. The largest absolute Gasteiger partial charge is 0.493 e. The summed E-state index contributed by atoms with van der Waals surface area (Å²) in [5.74, 6) is 0.739. The molecule has 2 N–H and O–H groups in total. The van der Waals surface area contributed by atoms with Crippen LogP contribution in [-0.4, -0.2) is 16.9 Å². The molecule has 1 atom stereocenters. The Balaban J connectivity index is 2.45. The third-order valence-electron chi connectivity index (χ3n) is 3.22. The van der Waals surface area contributed by atoms with Crippen LogP contribution in [0.3, 0.4) is 0 Å². The predicted molar refractivity (Wildman–Crippen MR) is 84.0 cm³/mol. The molecule has 0 radical (unpaired) electrons. The van der Waals surface area contributed by atoms with Crippen molar-refractivity contribution in [3.8, 4) is 5.75 Å². The highest BCUT2D eigenvalue weighted by atomic mass is 79.9. The zero-order valence-corrected chi connectivity index (χ0v) is 13.6. The van der Waals surface area contributed by atoms with E-state index >= 15 is 0 Å². The lowest BCUT2D eigenvalue weighted by Gasteiger charge is -2.17. The molecule has 0 spiro atoms.